The zero-order chi connectivity index (χ0) is 35.0. The molecule has 1 fully saturated rings. The van der Waals surface area contributed by atoms with E-state index in [2.05, 4.69) is 0 Å². The first kappa shape index (κ1) is 34.5. The third-order valence-electron chi connectivity index (χ3n) is 8.92. The van der Waals surface area contributed by atoms with Gasteiger partial charge in [0.1, 0.15) is 18.3 Å². The molecule has 0 amide bonds. The van der Waals surface area contributed by atoms with Crippen molar-refractivity contribution >= 4 is 21.4 Å². The summed E-state index contributed by atoms with van der Waals surface area (Å²) in [5, 5.41) is -1.44. The zero-order valence-electron chi connectivity index (χ0n) is 27.8. The van der Waals surface area contributed by atoms with E-state index in [-0.39, 0.29) is 31.1 Å². The molecular formula is C42H38O8S. The second-order valence-electron chi connectivity index (χ2n) is 12.4. The molecule has 7 rings (SSSR count). The summed E-state index contributed by atoms with van der Waals surface area (Å²) in [6.45, 7) is 0.616. The highest BCUT2D eigenvalue weighted by atomic mass is 32.2. The maximum atomic E-state index is 15.1. The second kappa shape index (κ2) is 16.0. The Morgan fingerprint density at radius 3 is 1.61 bits per heavy atom. The first-order valence-corrected chi connectivity index (χ1v) is 18.4. The number of sulfone groups is 1. The number of fused-ring (bicyclic) bond motifs is 1. The number of hydrogen-bond donors (Lipinski definition) is 0. The van der Waals surface area contributed by atoms with E-state index >= 15 is 8.42 Å². The average Bonchev–Trinajstić information content (AvgIpc) is 3.17. The fourth-order valence-corrected chi connectivity index (χ4v) is 8.47. The molecular weight excluding hydrogens is 665 g/mol. The van der Waals surface area contributed by atoms with E-state index in [1.807, 2.05) is 97.1 Å². The highest BCUT2D eigenvalue weighted by molar-refractivity contribution is 7.97. The number of benzene rings is 5. The van der Waals surface area contributed by atoms with Crippen LogP contribution < -0.4 is 0 Å². The summed E-state index contributed by atoms with van der Waals surface area (Å²) in [4.78, 5) is 13.8. The van der Waals surface area contributed by atoms with Gasteiger partial charge >= 0.3 is 0 Å². The van der Waals surface area contributed by atoms with Gasteiger partial charge in [-0.15, -0.1) is 0 Å². The van der Waals surface area contributed by atoms with Gasteiger partial charge in [-0.25, -0.2) is 8.42 Å². The van der Waals surface area contributed by atoms with Crippen molar-refractivity contribution in [1.29, 1.82) is 0 Å². The van der Waals surface area contributed by atoms with Crippen LogP contribution in [0.25, 0.3) is 5.76 Å². The van der Waals surface area contributed by atoms with Crippen LogP contribution in [-0.2, 0) is 53.3 Å². The molecule has 0 saturated carbocycles. The number of hydrogen-bond acceptors (Lipinski definition) is 8. The Bertz CT molecular complexity index is 2020. The minimum absolute atomic E-state index is 0.0619. The lowest BCUT2D eigenvalue weighted by Gasteiger charge is -2.47. The van der Waals surface area contributed by atoms with Crippen molar-refractivity contribution in [1.82, 2.24) is 0 Å². The molecule has 1 saturated heterocycles. The second-order valence-corrected chi connectivity index (χ2v) is 14.5. The van der Waals surface area contributed by atoms with Crippen molar-refractivity contribution in [3.63, 3.8) is 0 Å². The molecule has 5 aromatic carbocycles. The molecule has 0 bridgehead atoms. The fraction of sp³-hybridized carbons (Fsp3) is 0.214. The molecule has 0 radical (unpaired) electrons. The molecule has 0 N–H and O–H groups in total. The van der Waals surface area contributed by atoms with Gasteiger partial charge in [0.2, 0.25) is 12.1 Å². The fourth-order valence-electron chi connectivity index (χ4n) is 6.40. The minimum Gasteiger partial charge on any atom is -0.461 e. The Morgan fingerprint density at radius 1 is 0.588 bits per heavy atom. The predicted octanol–water partition coefficient (Wildman–Crippen LogP) is 7.16. The molecule has 0 spiro atoms. The molecule has 0 aromatic heterocycles. The van der Waals surface area contributed by atoms with Gasteiger partial charge in [-0.1, -0.05) is 152 Å². The average molecular weight is 703 g/mol. The van der Waals surface area contributed by atoms with Crippen LogP contribution in [0.5, 0.6) is 0 Å². The Labute approximate surface area is 298 Å². The summed E-state index contributed by atoms with van der Waals surface area (Å²) in [6, 6.07) is 45.9. The Morgan fingerprint density at radius 2 is 1.06 bits per heavy atom. The SMILES string of the molecule is O=C(C1=C(c2ccccc2)OC2OC(COCc3ccccc3)C(OCc3ccccc3)C(OCc3ccccc3)C2S1(=O)=O)c1ccccc1. The number of allylic oxidation sites excluding steroid dienone is 1. The van der Waals surface area contributed by atoms with Gasteiger partial charge in [0.25, 0.3) is 0 Å². The normalized spacial score (nSPS) is 22.5. The van der Waals surface area contributed by atoms with Gasteiger partial charge in [0.05, 0.1) is 26.4 Å². The van der Waals surface area contributed by atoms with Crippen LogP contribution in [0, 0.1) is 0 Å². The van der Waals surface area contributed by atoms with Gasteiger partial charge < -0.3 is 23.7 Å². The first-order chi connectivity index (χ1) is 25.0. The van der Waals surface area contributed by atoms with Crippen molar-refractivity contribution in [3.05, 3.63) is 184 Å². The van der Waals surface area contributed by atoms with Crippen LogP contribution in [0.15, 0.2) is 157 Å². The van der Waals surface area contributed by atoms with Gasteiger partial charge in [-0.2, -0.15) is 0 Å². The molecule has 51 heavy (non-hydrogen) atoms. The van der Waals surface area contributed by atoms with Gasteiger partial charge in [-0.3, -0.25) is 4.79 Å². The molecule has 260 valence electrons. The van der Waals surface area contributed by atoms with Gasteiger partial charge in [0, 0.05) is 11.1 Å². The maximum absolute atomic E-state index is 15.1. The smallest absolute Gasteiger partial charge is 0.220 e. The third kappa shape index (κ3) is 7.88. The highest BCUT2D eigenvalue weighted by Gasteiger charge is 2.59. The molecule has 9 heteroatoms. The monoisotopic (exact) mass is 702 g/mol. The Kier molecular flexibility index (Phi) is 10.8. The van der Waals surface area contributed by atoms with Crippen LogP contribution in [-0.4, -0.2) is 50.7 Å². The number of ether oxygens (including phenoxy) is 5. The van der Waals surface area contributed by atoms with Crippen LogP contribution in [0.2, 0.25) is 0 Å². The summed E-state index contributed by atoms with van der Waals surface area (Å²) in [5.74, 6) is -0.745. The lowest BCUT2D eigenvalue weighted by Crippen LogP contribution is -2.64. The lowest BCUT2D eigenvalue weighted by atomic mass is 9.99. The molecule has 2 aliphatic heterocycles. The van der Waals surface area contributed by atoms with Gasteiger partial charge in [0.15, 0.2) is 25.8 Å². The largest absolute Gasteiger partial charge is 0.461 e. The van der Waals surface area contributed by atoms with E-state index in [4.69, 9.17) is 23.7 Å². The summed E-state index contributed by atoms with van der Waals surface area (Å²) in [6.07, 6.45) is -4.16. The number of carbonyl (C=O) groups excluding carboxylic acids is 1. The Hall–Kier alpha value is -4.90. The summed E-state index contributed by atoms with van der Waals surface area (Å²) < 4.78 is 62.6. The highest BCUT2D eigenvalue weighted by Crippen LogP contribution is 2.43. The van der Waals surface area contributed by atoms with Crippen molar-refractivity contribution in [3.8, 4) is 0 Å². The number of ketones is 1. The van der Waals surface area contributed by atoms with Crippen LogP contribution in [0.3, 0.4) is 0 Å². The third-order valence-corrected chi connectivity index (χ3v) is 11.1. The van der Waals surface area contributed by atoms with Crippen molar-refractivity contribution in [2.75, 3.05) is 6.61 Å². The minimum atomic E-state index is -4.49. The number of carbonyl (C=O) groups is 1. The molecule has 0 aliphatic carbocycles. The molecule has 8 nitrogen and oxygen atoms in total. The molecule has 2 heterocycles. The van der Waals surface area contributed by atoms with Crippen molar-refractivity contribution < 1.29 is 36.9 Å². The number of rotatable bonds is 13. The zero-order valence-corrected chi connectivity index (χ0v) is 28.6. The predicted molar refractivity (Wildman–Crippen MR) is 193 cm³/mol. The van der Waals surface area contributed by atoms with Crippen LogP contribution in [0.4, 0.5) is 0 Å². The van der Waals surface area contributed by atoms with Crippen LogP contribution in [0.1, 0.15) is 32.6 Å². The van der Waals surface area contributed by atoms with E-state index < -0.39 is 50.4 Å². The Balaban J connectivity index is 1.31. The summed E-state index contributed by atoms with van der Waals surface area (Å²) >= 11 is 0. The van der Waals surface area contributed by atoms with E-state index in [0.29, 0.717) is 12.2 Å². The number of Topliss-reactive ketones (excluding diaryl/α,β-unsaturated/α-hetero) is 1. The molecule has 5 atom stereocenters. The maximum Gasteiger partial charge on any atom is 0.220 e. The van der Waals surface area contributed by atoms with E-state index in [9.17, 15) is 4.79 Å². The van der Waals surface area contributed by atoms with E-state index in [1.165, 1.54) is 0 Å². The van der Waals surface area contributed by atoms with E-state index in [0.717, 1.165) is 16.7 Å². The summed E-state index contributed by atoms with van der Waals surface area (Å²) in [5.41, 5.74) is 3.35. The first-order valence-electron chi connectivity index (χ1n) is 16.9. The molecule has 5 aromatic rings. The molecule has 5 unspecified atom stereocenters. The van der Waals surface area contributed by atoms with Crippen molar-refractivity contribution in [2.24, 2.45) is 0 Å². The van der Waals surface area contributed by atoms with Crippen molar-refractivity contribution in [2.45, 2.75) is 49.7 Å². The topological polar surface area (TPSA) is 97.4 Å². The molecule has 2 aliphatic rings. The van der Waals surface area contributed by atoms with E-state index in [1.54, 1.807) is 54.6 Å². The summed E-state index contributed by atoms with van der Waals surface area (Å²) in [7, 11) is -4.49. The quantitative estimate of drug-likeness (QED) is 0.119. The lowest BCUT2D eigenvalue weighted by molar-refractivity contribution is -0.261. The standard InChI is InChI=1S/C42H38O8S/c43-36(33-22-12-4-13-23-33)40-37(34-24-14-5-15-25-34)50-42-41(51(40,44)45)39(48-28-32-20-10-3-11-21-32)38(47-27-31-18-8-2-9-19-31)35(49-42)29-46-26-30-16-6-1-7-17-30/h1-25,35,38-39,41-42H,26-29H2. The van der Waals surface area contributed by atoms with Crippen LogP contribution >= 0.6 is 0 Å². The van der Waals surface area contributed by atoms with Gasteiger partial charge in [-0.05, 0) is 16.7 Å².